The number of aromatic hydroxyl groups is 2. The summed E-state index contributed by atoms with van der Waals surface area (Å²) in [6.07, 6.45) is 0. The van der Waals surface area contributed by atoms with E-state index in [1.54, 1.807) is 24.3 Å². The summed E-state index contributed by atoms with van der Waals surface area (Å²) in [5.41, 5.74) is 0.456. The van der Waals surface area contributed by atoms with Gasteiger partial charge in [-0.1, -0.05) is 18.2 Å². The average Bonchev–Trinajstić information content (AvgIpc) is 2.38. The highest BCUT2D eigenvalue weighted by Crippen LogP contribution is 2.23. The zero-order chi connectivity index (χ0) is 14.5. The highest BCUT2D eigenvalue weighted by molar-refractivity contribution is 5.76. The fourth-order valence-electron chi connectivity index (χ4n) is 1.80. The molecule has 0 spiro atoms. The van der Waals surface area contributed by atoms with E-state index in [1.165, 1.54) is 24.3 Å². The van der Waals surface area contributed by atoms with Crippen LogP contribution in [0.4, 0.5) is 0 Å². The van der Waals surface area contributed by atoms with Crippen LogP contribution in [0.1, 0.15) is 11.5 Å². The number of carboxylic acids is 1. The van der Waals surface area contributed by atoms with E-state index in [0.717, 1.165) is 0 Å². The molecular formula is C15H14O5. The molecule has 20 heavy (non-hydrogen) atoms. The fraction of sp³-hybridized carbons (Fsp3) is 0.133. The zero-order valence-corrected chi connectivity index (χ0v) is 10.6. The van der Waals surface area contributed by atoms with Crippen LogP contribution in [-0.4, -0.2) is 27.9 Å². The minimum atomic E-state index is -1.05. The molecule has 0 amide bonds. The normalized spacial score (nSPS) is 11.8. The van der Waals surface area contributed by atoms with Crippen molar-refractivity contribution in [3.63, 3.8) is 0 Å². The van der Waals surface area contributed by atoms with Gasteiger partial charge in [0, 0.05) is 6.07 Å². The Labute approximate surface area is 115 Å². The van der Waals surface area contributed by atoms with Crippen LogP contribution in [0.5, 0.6) is 17.2 Å². The maximum absolute atomic E-state index is 11.3. The summed E-state index contributed by atoms with van der Waals surface area (Å²) in [5, 5.41) is 27.9. The SMILES string of the molecule is O=C(O)C(COc1cccc(O)c1)c1cccc(O)c1. The van der Waals surface area contributed by atoms with E-state index in [4.69, 9.17) is 4.74 Å². The van der Waals surface area contributed by atoms with Gasteiger partial charge in [-0.2, -0.15) is 0 Å². The quantitative estimate of drug-likeness (QED) is 0.779. The first-order valence-corrected chi connectivity index (χ1v) is 6.00. The van der Waals surface area contributed by atoms with Crippen LogP contribution in [-0.2, 0) is 4.79 Å². The third kappa shape index (κ3) is 3.41. The number of aliphatic carboxylic acids is 1. The van der Waals surface area contributed by atoms with Crippen molar-refractivity contribution in [1.82, 2.24) is 0 Å². The number of phenols is 2. The van der Waals surface area contributed by atoms with Gasteiger partial charge >= 0.3 is 5.97 Å². The molecule has 0 aliphatic carbocycles. The number of hydrogen-bond donors (Lipinski definition) is 3. The summed E-state index contributed by atoms with van der Waals surface area (Å²) in [4.78, 5) is 11.3. The van der Waals surface area contributed by atoms with Gasteiger partial charge < -0.3 is 20.1 Å². The van der Waals surface area contributed by atoms with Gasteiger partial charge in [0.1, 0.15) is 29.8 Å². The van der Waals surface area contributed by atoms with Crippen molar-refractivity contribution in [3.8, 4) is 17.2 Å². The molecule has 0 aliphatic heterocycles. The molecule has 5 nitrogen and oxygen atoms in total. The predicted molar refractivity (Wildman–Crippen MR) is 72.1 cm³/mol. The first-order chi connectivity index (χ1) is 9.56. The summed E-state index contributed by atoms with van der Waals surface area (Å²) in [7, 11) is 0. The van der Waals surface area contributed by atoms with Crippen LogP contribution in [0.25, 0.3) is 0 Å². The summed E-state index contributed by atoms with van der Waals surface area (Å²) in [6.45, 7) is -0.0950. The molecule has 1 atom stereocenters. The lowest BCUT2D eigenvalue weighted by Crippen LogP contribution is -2.19. The average molecular weight is 274 g/mol. The molecule has 0 heterocycles. The van der Waals surface area contributed by atoms with Gasteiger partial charge in [-0.3, -0.25) is 4.79 Å². The number of ether oxygens (including phenoxy) is 1. The molecule has 0 radical (unpaired) electrons. The minimum absolute atomic E-state index is 0.00565. The molecule has 0 fully saturated rings. The van der Waals surface area contributed by atoms with Gasteiger partial charge in [0.15, 0.2) is 0 Å². The number of carboxylic acid groups (broad SMARTS) is 1. The smallest absolute Gasteiger partial charge is 0.314 e. The molecule has 0 saturated heterocycles. The standard InChI is InChI=1S/C15H14O5/c16-11-4-1-3-10(7-11)14(15(18)19)9-20-13-6-2-5-12(17)8-13/h1-8,14,16-17H,9H2,(H,18,19). The Morgan fingerprint density at radius 3 is 2.30 bits per heavy atom. The van der Waals surface area contributed by atoms with Crippen LogP contribution in [0.15, 0.2) is 48.5 Å². The molecule has 0 bridgehead atoms. The molecule has 104 valence electrons. The van der Waals surface area contributed by atoms with Crippen molar-refractivity contribution in [2.45, 2.75) is 5.92 Å². The Kier molecular flexibility index (Phi) is 4.10. The molecule has 0 aromatic heterocycles. The van der Waals surface area contributed by atoms with Crippen LogP contribution >= 0.6 is 0 Å². The number of benzene rings is 2. The van der Waals surface area contributed by atoms with Crippen molar-refractivity contribution < 1.29 is 24.9 Å². The largest absolute Gasteiger partial charge is 0.508 e. The third-order valence-corrected chi connectivity index (χ3v) is 2.80. The van der Waals surface area contributed by atoms with E-state index in [1.807, 2.05) is 0 Å². The number of hydrogen-bond acceptors (Lipinski definition) is 4. The second-order valence-electron chi connectivity index (χ2n) is 4.29. The Hall–Kier alpha value is -2.69. The lowest BCUT2D eigenvalue weighted by Gasteiger charge is -2.14. The lowest BCUT2D eigenvalue weighted by molar-refractivity contribution is -0.139. The summed E-state index contributed by atoms with van der Waals surface area (Å²) in [5.74, 6) is -1.51. The van der Waals surface area contributed by atoms with E-state index in [0.29, 0.717) is 11.3 Å². The summed E-state index contributed by atoms with van der Waals surface area (Å²) in [6, 6.07) is 12.2. The monoisotopic (exact) mass is 274 g/mol. The summed E-state index contributed by atoms with van der Waals surface area (Å²) >= 11 is 0. The minimum Gasteiger partial charge on any atom is -0.508 e. The molecule has 2 rings (SSSR count). The van der Waals surface area contributed by atoms with E-state index >= 15 is 0 Å². The lowest BCUT2D eigenvalue weighted by atomic mass is 10.00. The van der Waals surface area contributed by atoms with Gasteiger partial charge in [0.2, 0.25) is 0 Å². The van der Waals surface area contributed by atoms with Crippen molar-refractivity contribution in [2.24, 2.45) is 0 Å². The highest BCUT2D eigenvalue weighted by atomic mass is 16.5. The van der Waals surface area contributed by atoms with Crippen LogP contribution < -0.4 is 4.74 Å². The van der Waals surface area contributed by atoms with E-state index in [9.17, 15) is 20.1 Å². The first-order valence-electron chi connectivity index (χ1n) is 6.00. The van der Waals surface area contributed by atoms with Crippen LogP contribution in [0.2, 0.25) is 0 Å². The van der Waals surface area contributed by atoms with Gasteiger partial charge in [0.25, 0.3) is 0 Å². The maximum Gasteiger partial charge on any atom is 0.314 e. The fourth-order valence-corrected chi connectivity index (χ4v) is 1.80. The summed E-state index contributed by atoms with van der Waals surface area (Å²) < 4.78 is 5.38. The van der Waals surface area contributed by atoms with Crippen molar-refractivity contribution in [1.29, 1.82) is 0 Å². The number of rotatable bonds is 5. The van der Waals surface area contributed by atoms with Crippen LogP contribution in [0, 0.1) is 0 Å². The van der Waals surface area contributed by atoms with Gasteiger partial charge in [-0.25, -0.2) is 0 Å². The second-order valence-corrected chi connectivity index (χ2v) is 4.29. The molecule has 2 aromatic carbocycles. The molecule has 2 aromatic rings. The molecule has 3 N–H and O–H groups in total. The molecule has 5 heteroatoms. The van der Waals surface area contributed by atoms with Gasteiger partial charge in [0.05, 0.1) is 0 Å². The first kappa shape index (κ1) is 13.7. The van der Waals surface area contributed by atoms with Crippen LogP contribution in [0.3, 0.4) is 0 Å². The van der Waals surface area contributed by atoms with E-state index < -0.39 is 11.9 Å². The molecular weight excluding hydrogens is 260 g/mol. The number of phenolic OH excluding ortho intramolecular Hbond substituents is 2. The third-order valence-electron chi connectivity index (χ3n) is 2.80. The maximum atomic E-state index is 11.3. The van der Waals surface area contributed by atoms with E-state index in [-0.39, 0.29) is 18.1 Å². The zero-order valence-electron chi connectivity index (χ0n) is 10.6. The highest BCUT2D eigenvalue weighted by Gasteiger charge is 2.21. The Morgan fingerprint density at radius 2 is 1.70 bits per heavy atom. The van der Waals surface area contributed by atoms with E-state index in [2.05, 4.69) is 0 Å². The molecule has 0 saturated carbocycles. The van der Waals surface area contributed by atoms with Gasteiger partial charge in [-0.05, 0) is 29.8 Å². The molecule has 1 unspecified atom stereocenters. The molecule has 0 aliphatic rings. The number of carbonyl (C=O) groups is 1. The topological polar surface area (TPSA) is 87.0 Å². The Balaban J connectivity index is 2.13. The van der Waals surface area contributed by atoms with Gasteiger partial charge in [-0.15, -0.1) is 0 Å². The Bertz CT molecular complexity index is 609. The second kappa shape index (κ2) is 5.97. The van der Waals surface area contributed by atoms with Crippen molar-refractivity contribution in [2.75, 3.05) is 6.61 Å². The predicted octanol–water partition coefficient (Wildman–Crippen LogP) is 2.35. The Morgan fingerprint density at radius 1 is 1.05 bits per heavy atom. The van der Waals surface area contributed by atoms with Crippen molar-refractivity contribution >= 4 is 5.97 Å². The van der Waals surface area contributed by atoms with Crippen molar-refractivity contribution in [3.05, 3.63) is 54.1 Å².